The van der Waals surface area contributed by atoms with Crippen molar-refractivity contribution in [3.05, 3.63) is 65.1 Å². The molecule has 0 spiro atoms. The van der Waals surface area contributed by atoms with Gasteiger partial charge in [-0.1, -0.05) is 6.92 Å². The summed E-state index contributed by atoms with van der Waals surface area (Å²) in [6.45, 7) is 3.43. The zero-order valence-corrected chi connectivity index (χ0v) is 20.4. The van der Waals surface area contributed by atoms with Crippen LogP contribution in [-0.2, 0) is 18.2 Å². The molecule has 4 N–H and O–H groups in total. The van der Waals surface area contributed by atoms with Crippen molar-refractivity contribution in [2.45, 2.75) is 13.3 Å². The zero-order chi connectivity index (χ0) is 26.2. The van der Waals surface area contributed by atoms with Gasteiger partial charge in [0, 0.05) is 43.5 Å². The second-order valence-corrected chi connectivity index (χ2v) is 7.83. The van der Waals surface area contributed by atoms with Crippen LogP contribution in [0.2, 0.25) is 0 Å². The average Bonchev–Trinajstić information content (AvgIpc) is 3.24. The van der Waals surface area contributed by atoms with Crippen LogP contribution >= 0.6 is 0 Å². The maximum absolute atomic E-state index is 14.5. The van der Waals surface area contributed by atoms with E-state index >= 15 is 0 Å². The van der Waals surface area contributed by atoms with Crippen LogP contribution in [0, 0.1) is 11.6 Å². The highest BCUT2D eigenvalue weighted by Gasteiger charge is 2.22. The summed E-state index contributed by atoms with van der Waals surface area (Å²) in [5, 5.41) is 5.51. The fourth-order valence-electron chi connectivity index (χ4n) is 3.66. The number of benzene rings is 2. The Morgan fingerprint density at radius 2 is 1.83 bits per heavy atom. The Kier molecular flexibility index (Phi) is 9.09. The highest BCUT2D eigenvalue weighted by atomic mass is 19.1. The molecule has 1 aromatic heterocycles. The Labute approximate surface area is 207 Å². The second kappa shape index (κ2) is 12.2. The predicted molar refractivity (Wildman–Crippen MR) is 131 cm³/mol. The molecule has 0 aliphatic rings. The van der Waals surface area contributed by atoms with Gasteiger partial charge in [-0.05, 0) is 30.2 Å². The summed E-state index contributed by atoms with van der Waals surface area (Å²) in [5.74, 6) is -2.51. The maximum atomic E-state index is 14.5. The Balaban J connectivity index is 1.75. The minimum Gasteiger partial charge on any atom is -0.497 e. The molecule has 3 rings (SSSR count). The van der Waals surface area contributed by atoms with Gasteiger partial charge in [0.05, 0.1) is 37.8 Å². The zero-order valence-electron chi connectivity index (χ0n) is 20.4. The predicted octanol–water partition coefficient (Wildman–Crippen LogP) is 2.89. The summed E-state index contributed by atoms with van der Waals surface area (Å²) in [4.78, 5) is 29.5. The number of aromatic nitrogens is 2. The van der Waals surface area contributed by atoms with E-state index in [0.29, 0.717) is 44.0 Å². The number of ether oxygens (including phenoxy) is 2. The SMILES string of the molecule is CCc1cc(NC(=O)c2ncc(-c3c(F)cc(OC)cc3F)n2C)ccc1C(=O)NCCOCCN. The van der Waals surface area contributed by atoms with Gasteiger partial charge in [-0.3, -0.25) is 9.59 Å². The molecule has 2 aromatic carbocycles. The number of halogens is 2. The fourth-order valence-corrected chi connectivity index (χ4v) is 3.66. The normalized spacial score (nSPS) is 10.8. The molecule has 192 valence electrons. The van der Waals surface area contributed by atoms with E-state index < -0.39 is 17.5 Å². The molecule has 0 bridgehead atoms. The van der Waals surface area contributed by atoms with Gasteiger partial charge in [0.15, 0.2) is 5.82 Å². The molecule has 9 nitrogen and oxygen atoms in total. The summed E-state index contributed by atoms with van der Waals surface area (Å²) >= 11 is 0. The highest BCUT2D eigenvalue weighted by molar-refractivity contribution is 6.03. The monoisotopic (exact) mass is 501 g/mol. The number of nitrogens with two attached hydrogens (primary N) is 1. The van der Waals surface area contributed by atoms with Crippen LogP contribution in [-0.4, -0.2) is 54.8 Å². The molecule has 0 atom stereocenters. The molecular weight excluding hydrogens is 472 g/mol. The van der Waals surface area contributed by atoms with E-state index in [2.05, 4.69) is 15.6 Å². The van der Waals surface area contributed by atoms with Crippen molar-refractivity contribution in [3.8, 4) is 17.0 Å². The molecule has 3 aromatic rings. The Bertz CT molecular complexity index is 1220. The number of nitrogens with one attached hydrogen (secondary N) is 2. The van der Waals surface area contributed by atoms with E-state index in [1.54, 1.807) is 18.2 Å². The lowest BCUT2D eigenvalue weighted by Crippen LogP contribution is -2.28. The van der Waals surface area contributed by atoms with Gasteiger partial charge in [0.25, 0.3) is 11.8 Å². The van der Waals surface area contributed by atoms with Crippen molar-refractivity contribution in [2.24, 2.45) is 12.8 Å². The van der Waals surface area contributed by atoms with Gasteiger partial charge in [-0.25, -0.2) is 13.8 Å². The number of hydrogen-bond acceptors (Lipinski definition) is 6. The quantitative estimate of drug-likeness (QED) is 0.348. The number of amides is 2. The molecule has 0 radical (unpaired) electrons. The lowest BCUT2D eigenvalue weighted by molar-refractivity contribution is 0.0918. The van der Waals surface area contributed by atoms with Gasteiger partial charge < -0.3 is 30.4 Å². The van der Waals surface area contributed by atoms with E-state index in [0.717, 1.165) is 17.7 Å². The van der Waals surface area contributed by atoms with Crippen LogP contribution in [0.15, 0.2) is 36.5 Å². The van der Waals surface area contributed by atoms with Crippen LogP contribution in [0.3, 0.4) is 0 Å². The first-order chi connectivity index (χ1) is 17.3. The van der Waals surface area contributed by atoms with Gasteiger partial charge in [-0.2, -0.15) is 0 Å². The number of hydrogen-bond donors (Lipinski definition) is 3. The summed E-state index contributed by atoms with van der Waals surface area (Å²) < 4.78 is 40.5. The van der Waals surface area contributed by atoms with Crippen LogP contribution in [0.4, 0.5) is 14.5 Å². The molecule has 11 heteroatoms. The minimum atomic E-state index is -0.839. The highest BCUT2D eigenvalue weighted by Crippen LogP contribution is 2.30. The third-order valence-electron chi connectivity index (χ3n) is 5.48. The number of carbonyl (C=O) groups is 2. The molecule has 2 amide bonds. The first kappa shape index (κ1) is 26.8. The van der Waals surface area contributed by atoms with Crippen molar-refractivity contribution in [1.29, 1.82) is 0 Å². The first-order valence-corrected chi connectivity index (χ1v) is 11.4. The standard InChI is InChI=1S/C25H29F2N5O4/c1-4-15-11-16(5-6-18(15)24(33)29-8-10-36-9-7-28)31-25(34)23-30-14-21(32(23)2)22-19(26)12-17(35-3)13-20(22)27/h5-6,11-14H,4,7-10,28H2,1-3H3,(H,29,33)(H,31,34). The van der Waals surface area contributed by atoms with Crippen LogP contribution in [0.1, 0.15) is 33.5 Å². The molecule has 0 unspecified atom stereocenters. The lowest BCUT2D eigenvalue weighted by Gasteiger charge is -2.13. The van der Waals surface area contributed by atoms with Gasteiger partial charge in [-0.15, -0.1) is 0 Å². The van der Waals surface area contributed by atoms with E-state index in [4.69, 9.17) is 15.2 Å². The van der Waals surface area contributed by atoms with E-state index in [1.165, 1.54) is 24.9 Å². The van der Waals surface area contributed by atoms with Crippen LogP contribution in [0.5, 0.6) is 5.75 Å². The maximum Gasteiger partial charge on any atom is 0.291 e. The molecule has 0 saturated heterocycles. The van der Waals surface area contributed by atoms with Crippen molar-refractivity contribution < 1.29 is 27.8 Å². The number of rotatable bonds is 11. The van der Waals surface area contributed by atoms with Crippen LogP contribution in [0.25, 0.3) is 11.3 Å². The van der Waals surface area contributed by atoms with Gasteiger partial charge in [0.2, 0.25) is 0 Å². The third kappa shape index (κ3) is 6.04. The first-order valence-electron chi connectivity index (χ1n) is 11.4. The number of imidazole rings is 1. The van der Waals surface area contributed by atoms with Gasteiger partial charge in [0.1, 0.15) is 17.4 Å². The molecule has 0 fully saturated rings. The fraction of sp³-hybridized carbons (Fsp3) is 0.320. The molecule has 0 aliphatic heterocycles. The number of carbonyl (C=O) groups excluding carboxylic acids is 2. The molecular formula is C25H29F2N5O4. The van der Waals surface area contributed by atoms with Crippen molar-refractivity contribution in [3.63, 3.8) is 0 Å². The molecule has 36 heavy (non-hydrogen) atoms. The molecule has 0 saturated carbocycles. The number of nitrogens with zero attached hydrogens (tertiary/aromatic N) is 2. The van der Waals surface area contributed by atoms with Crippen molar-refractivity contribution >= 4 is 17.5 Å². The summed E-state index contributed by atoms with van der Waals surface area (Å²) in [7, 11) is 2.80. The Morgan fingerprint density at radius 1 is 1.11 bits per heavy atom. The topological polar surface area (TPSA) is 120 Å². The lowest BCUT2D eigenvalue weighted by atomic mass is 10.0. The minimum absolute atomic E-state index is 0.0395. The molecule has 1 heterocycles. The van der Waals surface area contributed by atoms with Crippen molar-refractivity contribution in [1.82, 2.24) is 14.9 Å². The van der Waals surface area contributed by atoms with E-state index in [9.17, 15) is 18.4 Å². The average molecular weight is 502 g/mol. The van der Waals surface area contributed by atoms with Crippen LogP contribution < -0.4 is 21.1 Å². The summed E-state index contributed by atoms with van der Waals surface area (Å²) in [6.07, 6.45) is 1.78. The van der Waals surface area contributed by atoms with E-state index in [1.807, 2.05) is 6.92 Å². The molecule has 0 aliphatic carbocycles. The summed E-state index contributed by atoms with van der Waals surface area (Å²) in [5.41, 5.74) is 6.80. The van der Waals surface area contributed by atoms with Crippen molar-refractivity contribution in [2.75, 3.05) is 38.7 Å². The van der Waals surface area contributed by atoms with Gasteiger partial charge >= 0.3 is 0 Å². The second-order valence-electron chi connectivity index (χ2n) is 7.83. The summed E-state index contributed by atoms with van der Waals surface area (Å²) in [6, 6.07) is 7.04. The Hall–Kier alpha value is -3.83. The number of anilines is 1. The van der Waals surface area contributed by atoms with E-state index in [-0.39, 0.29) is 28.7 Å². The Morgan fingerprint density at radius 3 is 2.47 bits per heavy atom. The smallest absolute Gasteiger partial charge is 0.291 e. The number of aryl methyl sites for hydroxylation is 1. The third-order valence-corrected chi connectivity index (χ3v) is 5.48. The number of methoxy groups -OCH3 is 1. The largest absolute Gasteiger partial charge is 0.497 e.